The van der Waals surface area contributed by atoms with Gasteiger partial charge in [0.25, 0.3) is 0 Å². The minimum atomic E-state index is -0.363. The van der Waals surface area contributed by atoms with Crippen molar-refractivity contribution < 1.29 is 14.3 Å². The van der Waals surface area contributed by atoms with Gasteiger partial charge in [-0.25, -0.2) is 4.79 Å². The lowest BCUT2D eigenvalue weighted by molar-refractivity contribution is 0.0922. The number of ether oxygens (including phenoxy) is 2. The summed E-state index contributed by atoms with van der Waals surface area (Å²) in [5.74, 6) is 0.524. The van der Waals surface area contributed by atoms with Gasteiger partial charge in [-0.15, -0.1) is 12.4 Å². The number of nitrogens with zero attached hydrogens (tertiary/aromatic N) is 1. The SMILES string of the molecule is CCN(C)C(=O)Oc1ccc2c(c1)C(N)COC2.Cl. The molecule has 1 aromatic rings. The maximum atomic E-state index is 11.6. The van der Waals surface area contributed by atoms with Crippen LogP contribution in [-0.4, -0.2) is 31.2 Å². The first-order valence-corrected chi connectivity index (χ1v) is 6.01. The molecule has 0 saturated carbocycles. The summed E-state index contributed by atoms with van der Waals surface area (Å²) in [6.07, 6.45) is -0.363. The third-order valence-electron chi connectivity index (χ3n) is 3.06. The quantitative estimate of drug-likeness (QED) is 0.904. The van der Waals surface area contributed by atoms with Crippen LogP contribution in [0.25, 0.3) is 0 Å². The predicted molar refractivity (Wildman–Crippen MR) is 74.6 cm³/mol. The molecule has 0 saturated heterocycles. The van der Waals surface area contributed by atoms with Gasteiger partial charge >= 0.3 is 6.09 Å². The molecule has 106 valence electrons. The number of rotatable bonds is 2. The summed E-state index contributed by atoms with van der Waals surface area (Å²) < 4.78 is 10.6. The van der Waals surface area contributed by atoms with Crippen molar-refractivity contribution in [2.45, 2.75) is 19.6 Å². The van der Waals surface area contributed by atoms with E-state index in [1.807, 2.05) is 19.1 Å². The third kappa shape index (κ3) is 3.59. The van der Waals surface area contributed by atoms with Gasteiger partial charge in [-0.2, -0.15) is 0 Å². The van der Waals surface area contributed by atoms with Crippen molar-refractivity contribution in [2.24, 2.45) is 5.73 Å². The number of halogens is 1. The summed E-state index contributed by atoms with van der Waals surface area (Å²) in [5, 5.41) is 0. The van der Waals surface area contributed by atoms with Gasteiger partial charge in [0.05, 0.1) is 19.3 Å². The van der Waals surface area contributed by atoms with Crippen LogP contribution in [-0.2, 0) is 11.3 Å². The van der Waals surface area contributed by atoms with Crippen molar-refractivity contribution in [2.75, 3.05) is 20.2 Å². The second-order valence-corrected chi connectivity index (χ2v) is 4.36. The van der Waals surface area contributed by atoms with E-state index in [4.69, 9.17) is 15.2 Å². The molecule has 1 aliphatic heterocycles. The average molecular weight is 287 g/mol. The first-order valence-electron chi connectivity index (χ1n) is 6.01. The molecule has 1 unspecified atom stereocenters. The van der Waals surface area contributed by atoms with Crippen LogP contribution in [0.15, 0.2) is 18.2 Å². The average Bonchev–Trinajstić information content (AvgIpc) is 2.38. The van der Waals surface area contributed by atoms with Crippen LogP contribution >= 0.6 is 12.4 Å². The van der Waals surface area contributed by atoms with Gasteiger partial charge in [0, 0.05) is 13.6 Å². The lowest BCUT2D eigenvalue weighted by Gasteiger charge is -2.23. The Morgan fingerprint density at radius 3 is 3.00 bits per heavy atom. The smallest absolute Gasteiger partial charge is 0.410 e. The highest BCUT2D eigenvalue weighted by molar-refractivity contribution is 5.85. The zero-order valence-electron chi connectivity index (χ0n) is 11.1. The summed E-state index contributed by atoms with van der Waals surface area (Å²) in [5.41, 5.74) is 8.00. The molecule has 1 amide bonds. The number of fused-ring (bicyclic) bond motifs is 1. The summed E-state index contributed by atoms with van der Waals surface area (Å²) in [6.45, 7) is 3.56. The van der Waals surface area contributed by atoms with E-state index in [0.717, 1.165) is 11.1 Å². The van der Waals surface area contributed by atoms with Crippen LogP contribution in [0.5, 0.6) is 5.75 Å². The molecule has 1 atom stereocenters. The maximum absolute atomic E-state index is 11.6. The predicted octanol–water partition coefficient (Wildman–Crippen LogP) is 2.09. The number of carbonyl (C=O) groups excluding carboxylic acids is 1. The molecule has 2 rings (SSSR count). The van der Waals surface area contributed by atoms with Crippen molar-refractivity contribution in [3.8, 4) is 5.75 Å². The zero-order valence-corrected chi connectivity index (χ0v) is 11.9. The van der Waals surface area contributed by atoms with Crippen molar-refractivity contribution >= 4 is 18.5 Å². The van der Waals surface area contributed by atoms with Crippen LogP contribution in [0.1, 0.15) is 24.1 Å². The highest BCUT2D eigenvalue weighted by atomic mass is 35.5. The van der Waals surface area contributed by atoms with E-state index < -0.39 is 0 Å². The number of nitrogens with two attached hydrogens (primary N) is 1. The second kappa shape index (κ2) is 6.75. The molecule has 19 heavy (non-hydrogen) atoms. The molecule has 0 aromatic heterocycles. The molecule has 1 aromatic carbocycles. The molecule has 6 heteroatoms. The lowest BCUT2D eigenvalue weighted by Crippen LogP contribution is -2.29. The van der Waals surface area contributed by atoms with Crippen LogP contribution in [0.4, 0.5) is 4.79 Å². The highest BCUT2D eigenvalue weighted by Gasteiger charge is 2.19. The van der Waals surface area contributed by atoms with E-state index in [-0.39, 0.29) is 24.5 Å². The van der Waals surface area contributed by atoms with Gasteiger partial charge in [0.1, 0.15) is 5.75 Å². The Bertz CT molecular complexity index is 454. The maximum Gasteiger partial charge on any atom is 0.414 e. The first kappa shape index (κ1) is 15.8. The van der Waals surface area contributed by atoms with E-state index in [1.54, 1.807) is 13.1 Å². The van der Waals surface area contributed by atoms with Crippen molar-refractivity contribution in [3.63, 3.8) is 0 Å². The van der Waals surface area contributed by atoms with Gasteiger partial charge in [0.2, 0.25) is 0 Å². The van der Waals surface area contributed by atoms with Gasteiger partial charge < -0.3 is 20.1 Å². The van der Waals surface area contributed by atoms with E-state index in [1.165, 1.54) is 4.90 Å². The Labute approximate surface area is 119 Å². The van der Waals surface area contributed by atoms with Crippen molar-refractivity contribution in [1.82, 2.24) is 4.90 Å². The number of hydrogen-bond acceptors (Lipinski definition) is 4. The molecule has 2 N–H and O–H groups in total. The number of benzene rings is 1. The normalized spacial score (nSPS) is 17.1. The van der Waals surface area contributed by atoms with Crippen LogP contribution in [0, 0.1) is 0 Å². The molecule has 1 aliphatic rings. The van der Waals surface area contributed by atoms with Gasteiger partial charge in [-0.05, 0) is 30.2 Å². The fraction of sp³-hybridized carbons (Fsp3) is 0.462. The summed E-state index contributed by atoms with van der Waals surface area (Å²) in [6, 6.07) is 5.32. The fourth-order valence-corrected chi connectivity index (χ4v) is 1.81. The standard InChI is InChI=1S/C13H18N2O3.ClH/c1-3-15(2)13(16)18-10-5-4-9-7-17-8-12(14)11(9)6-10;/h4-6,12H,3,7-8,14H2,1-2H3;1H. The molecular weight excluding hydrogens is 268 g/mol. The van der Waals surface area contributed by atoms with E-state index in [0.29, 0.717) is 25.5 Å². The Hall–Kier alpha value is -1.30. The molecule has 0 spiro atoms. The van der Waals surface area contributed by atoms with Crippen LogP contribution < -0.4 is 10.5 Å². The highest BCUT2D eigenvalue weighted by Crippen LogP contribution is 2.27. The molecule has 1 heterocycles. The minimum absolute atomic E-state index is 0. The number of amides is 1. The van der Waals surface area contributed by atoms with Crippen molar-refractivity contribution in [1.29, 1.82) is 0 Å². The molecule has 0 aliphatic carbocycles. The largest absolute Gasteiger partial charge is 0.414 e. The Morgan fingerprint density at radius 2 is 2.32 bits per heavy atom. The fourth-order valence-electron chi connectivity index (χ4n) is 1.81. The summed E-state index contributed by atoms with van der Waals surface area (Å²) in [4.78, 5) is 13.1. The molecule has 0 fully saturated rings. The van der Waals surface area contributed by atoms with Crippen LogP contribution in [0.2, 0.25) is 0 Å². The summed E-state index contributed by atoms with van der Waals surface area (Å²) >= 11 is 0. The second-order valence-electron chi connectivity index (χ2n) is 4.36. The summed E-state index contributed by atoms with van der Waals surface area (Å²) in [7, 11) is 1.69. The Kier molecular flexibility index (Phi) is 5.60. The number of hydrogen-bond donors (Lipinski definition) is 1. The van der Waals surface area contributed by atoms with Crippen molar-refractivity contribution in [3.05, 3.63) is 29.3 Å². The molecule has 0 bridgehead atoms. The molecule has 0 radical (unpaired) electrons. The minimum Gasteiger partial charge on any atom is -0.410 e. The van der Waals surface area contributed by atoms with Gasteiger partial charge in [-0.3, -0.25) is 0 Å². The van der Waals surface area contributed by atoms with Crippen LogP contribution in [0.3, 0.4) is 0 Å². The molecule has 5 nitrogen and oxygen atoms in total. The number of carbonyl (C=O) groups is 1. The van der Waals surface area contributed by atoms with E-state index in [2.05, 4.69) is 0 Å². The first-order chi connectivity index (χ1) is 8.61. The topological polar surface area (TPSA) is 64.8 Å². The third-order valence-corrected chi connectivity index (χ3v) is 3.06. The Morgan fingerprint density at radius 1 is 1.58 bits per heavy atom. The lowest BCUT2D eigenvalue weighted by atomic mass is 9.99. The molecular formula is C13H19ClN2O3. The van der Waals surface area contributed by atoms with E-state index >= 15 is 0 Å². The van der Waals surface area contributed by atoms with E-state index in [9.17, 15) is 4.79 Å². The zero-order chi connectivity index (χ0) is 13.1. The van der Waals surface area contributed by atoms with Gasteiger partial charge in [0.15, 0.2) is 0 Å². The van der Waals surface area contributed by atoms with Gasteiger partial charge in [-0.1, -0.05) is 6.07 Å². The Balaban J connectivity index is 0.00000180. The monoisotopic (exact) mass is 286 g/mol.